The van der Waals surface area contributed by atoms with Crippen molar-refractivity contribution in [1.82, 2.24) is 4.90 Å². The van der Waals surface area contributed by atoms with Gasteiger partial charge < -0.3 is 10.0 Å². The van der Waals surface area contributed by atoms with Gasteiger partial charge in [-0.1, -0.05) is 39.8 Å². The van der Waals surface area contributed by atoms with E-state index in [9.17, 15) is 4.79 Å². The SMILES string of the molecule is CC(CN1CCN(c2ccc(C(C)(C)C)cc2)CC1)C(=O)O.[LiH]. The molecule has 1 unspecified atom stereocenters. The molecule has 124 valence electrons. The summed E-state index contributed by atoms with van der Waals surface area (Å²) in [5.74, 6) is -1.00. The third-order valence-corrected chi connectivity index (χ3v) is 4.42. The van der Waals surface area contributed by atoms with Gasteiger partial charge in [-0.3, -0.25) is 9.69 Å². The van der Waals surface area contributed by atoms with Crippen LogP contribution in [-0.2, 0) is 10.2 Å². The Kier molecular flexibility index (Phi) is 7.20. The Morgan fingerprint density at radius 2 is 1.65 bits per heavy atom. The van der Waals surface area contributed by atoms with Crippen LogP contribution in [0.15, 0.2) is 24.3 Å². The van der Waals surface area contributed by atoms with Crippen LogP contribution in [0.1, 0.15) is 33.3 Å². The van der Waals surface area contributed by atoms with E-state index in [0.29, 0.717) is 6.54 Å². The molecular weight excluding hydrogens is 283 g/mol. The number of carboxylic acid groups (broad SMARTS) is 1. The summed E-state index contributed by atoms with van der Waals surface area (Å²) in [7, 11) is 0. The number of hydrogen-bond acceptors (Lipinski definition) is 3. The second-order valence-corrected chi connectivity index (χ2v) is 7.32. The van der Waals surface area contributed by atoms with E-state index in [-0.39, 0.29) is 30.2 Å². The molecule has 0 aliphatic carbocycles. The molecule has 1 atom stereocenters. The molecule has 0 amide bonds. The zero-order chi connectivity index (χ0) is 16.3. The first-order valence-corrected chi connectivity index (χ1v) is 8.08. The van der Waals surface area contributed by atoms with Gasteiger partial charge in [0.25, 0.3) is 0 Å². The summed E-state index contributed by atoms with van der Waals surface area (Å²) in [5, 5.41) is 9.00. The van der Waals surface area contributed by atoms with Gasteiger partial charge in [-0.15, -0.1) is 0 Å². The van der Waals surface area contributed by atoms with Crippen LogP contribution in [0.3, 0.4) is 0 Å². The van der Waals surface area contributed by atoms with Crippen LogP contribution in [0, 0.1) is 5.92 Å². The molecule has 5 heteroatoms. The molecule has 1 aromatic rings. The number of hydrogen-bond donors (Lipinski definition) is 1. The van der Waals surface area contributed by atoms with E-state index >= 15 is 0 Å². The molecule has 1 fully saturated rings. The second-order valence-electron chi connectivity index (χ2n) is 7.32. The molecular formula is C18H29LiN2O2. The van der Waals surface area contributed by atoms with Crippen LogP contribution in [0.25, 0.3) is 0 Å². The van der Waals surface area contributed by atoms with Gasteiger partial charge in [0, 0.05) is 38.4 Å². The number of benzene rings is 1. The monoisotopic (exact) mass is 312 g/mol. The first-order chi connectivity index (χ1) is 10.3. The molecule has 2 rings (SSSR count). The minimum atomic E-state index is -0.708. The third kappa shape index (κ3) is 5.56. The topological polar surface area (TPSA) is 43.8 Å². The quantitative estimate of drug-likeness (QED) is 0.866. The van der Waals surface area contributed by atoms with Crippen molar-refractivity contribution in [3.05, 3.63) is 29.8 Å². The standard InChI is InChI=1S/C18H28N2O2.Li.H/c1-14(17(21)22)13-19-9-11-20(12-10-19)16-7-5-15(6-8-16)18(2,3)4;;/h5-8,14H,9-13H2,1-4H3,(H,21,22);;. The molecule has 0 radical (unpaired) electrons. The van der Waals surface area contributed by atoms with Crippen LogP contribution >= 0.6 is 0 Å². The van der Waals surface area contributed by atoms with E-state index in [1.54, 1.807) is 6.92 Å². The van der Waals surface area contributed by atoms with Gasteiger partial charge in [0.2, 0.25) is 0 Å². The minimum absolute atomic E-state index is 0. The van der Waals surface area contributed by atoms with Gasteiger partial charge in [-0.05, 0) is 23.1 Å². The van der Waals surface area contributed by atoms with E-state index in [1.807, 2.05) is 0 Å². The summed E-state index contributed by atoms with van der Waals surface area (Å²) >= 11 is 0. The zero-order valence-electron chi connectivity index (χ0n) is 14.2. The Morgan fingerprint density at radius 1 is 1.13 bits per heavy atom. The van der Waals surface area contributed by atoms with E-state index < -0.39 is 5.97 Å². The van der Waals surface area contributed by atoms with Crippen molar-refractivity contribution < 1.29 is 9.90 Å². The van der Waals surface area contributed by atoms with Crippen LogP contribution in [0.2, 0.25) is 0 Å². The second kappa shape index (κ2) is 8.24. The molecule has 0 spiro atoms. The number of carboxylic acids is 1. The summed E-state index contributed by atoms with van der Waals surface area (Å²) < 4.78 is 0. The fourth-order valence-electron chi connectivity index (χ4n) is 2.83. The first kappa shape index (κ1) is 20.1. The zero-order valence-corrected chi connectivity index (χ0v) is 14.2. The van der Waals surface area contributed by atoms with Crippen molar-refractivity contribution in [3.63, 3.8) is 0 Å². The molecule has 1 saturated heterocycles. The maximum atomic E-state index is 10.9. The Morgan fingerprint density at radius 3 is 2.09 bits per heavy atom. The number of carbonyl (C=O) groups is 1. The van der Waals surface area contributed by atoms with Gasteiger partial charge in [0.1, 0.15) is 0 Å². The summed E-state index contributed by atoms with van der Waals surface area (Å²) in [6.07, 6.45) is 0. The van der Waals surface area contributed by atoms with Crippen molar-refractivity contribution in [3.8, 4) is 0 Å². The number of piperazine rings is 1. The predicted molar refractivity (Wildman–Crippen MR) is 97.7 cm³/mol. The van der Waals surface area contributed by atoms with Gasteiger partial charge >= 0.3 is 24.8 Å². The van der Waals surface area contributed by atoms with Crippen LogP contribution < -0.4 is 4.90 Å². The summed E-state index contributed by atoms with van der Waals surface area (Å²) in [6.45, 7) is 12.9. The molecule has 1 heterocycles. The Hall–Kier alpha value is -0.953. The Balaban J connectivity index is 0.00000264. The van der Waals surface area contributed by atoms with Gasteiger partial charge in [0.15, 0.2) is 0 Å². The molecule has 4 nitrogen and oxygen atoms in total. The first-order valence-electron chi connectivity index (χ1n) is 8.08. The molecule has 0 bridgehead atoms. The van der Waals surface area contributed by atoms with Crippen LogP contribution in [0.4, 0.5) is 5.69 Å². The molecule has 1 N–H and O–H groups in total. The van der Waals surface area contributed by atoms with Crippen molar-refractivity contribution in [1.29, 1.82) is 0 Å². The fraction of sp³-hybridized carbons (Fsp3) is 0.611. The van der Waals surface area contributed by atoms with Crippen molar-refractivity contribution in [2.24, 2.45) is 5.92 Å². The average molecular weight is 312 g/mol. The maximum absolute atomic E-state index is 10.9. The average Bonchev–Trinajstić information content (AvgIpc) is 2.47. The molecule has 0 aromatic heterocycles. The number of nitrogens with zero attached hydrogens (tertiary/aromatic N) is 2. The van der Waals surface area contributed by atoms with E-state index in [2.05, 4.69) is 54.8 Å². The summed E-state index contributed by atoms with van der Waals surface area (Å²) in [6, 6.07) is 8.84. The molecule has 0 saturated carbocycles. The number of rotatable bonds is 4. The Bertz CT molecular complexity index is 503. The van der Waals surface area contributed by atoms with E-state index in [0.717, 1.165) is 26.2 Å². The van der Waals surface area contributed by atoms with Crippen molar-refractivity contribution in [2.75, 3.05) is 37.6 Å². The molecule has 23 heavy (non-hydrogen) atoms. The van der Waals surface area contributed by atoms with Crippen molar-refractivity contribution >= 4 is 30.5 Å². The van der Waals surface area contributed by atoms with Crippen LogP contribution in [-0.4, -0.2) is 67.6 Å². The van der Waals surface area contributed by atoms with Gasteiger partial charge in [-0.2, -0.15) is 0 Å². The third-order valence-electron chi connectivity index (χ3n) is 4.42. The normalized spacial score (nSPS) is 17.5. The predicted octanol–water partition coefficient (Wildman–Crippen LogP) is 2.18. The molecule has 1 aliphatic rings. The summed E-state index contributed by atoms with van der Waals surface area (Å²) in [5.41, 5.74) is 2.80. The number of anilines is 1. The Labute approximate surface area is 152 Å². The van der Waals surface area contributed by atoms with E-state index in [4.69, 9.17) is 5.11 Å². The van der Waals surface area contributed by atoms with Crippen LogP contribution in [0.5, 0.6) is 0 Å². The number of aliphatic carboxylic acids is 1. The summed E-state index contributed by atoms with van der Waals surface area (Å²) in [4.78, 5) is 15.6. The fourth-order valence-corrected chi connectivity index (χ4v) is 2.83. The van der Waals surface area contributed by atoms with Gasteiger partial charge in [0.05, 0.1) is 5.92 Å². The van der Waals surface area contributed by atoms with E-state index in [1.165, 1.54) is 11.3 Å². The molecule has 1 aliphatic heterocycles. The van der Waals surface area contributed by atoms with Crippen molar-refractivity contribution in [2.45, 2.75) is 33.1 Å². The molecule has 1 aromatic carbocycles. The van der Waals surface area contributed by atoms with Gasteiger partial charge in [-0.25, -0.2) is 0 Å².